The minimum absolute atomic E-state index is 0.0522. The predicted molar refractivity (Wildman–Crippen MR) is 370 cm³/mol. The van der Waals surface area contributed by atoms with Gasteiger partial charge in [0, 0.05) is 52.4 Å². The van der Waals surface area contributed by atoms with Gasteiger partial charge in [-0.25, -0.2) is 19.2 Å². The third kappa shape index (κ3) is 42.1. The molecule has 1 aromatic heterocycles. The highest BCUT2D eigenvalue weighted by Gasteiger charge is 2.46. The number of benzene rings is 1. The van der Waals surface area contributed by atoms with Gasteiger partial charge in [0.25, 0.3) is 0 Å². The number of aliphatic hydroxyl groups is 1. The zero-order valence-corrected chi connectivity index (χ0v) is 59.3. The monoisotopic (exact) mass is 1420 g/mol. The van der Waals surface area contributed by atoms with Crippen LogP contribution in [0.25, 0.3) is 0 Å². The Morgan fingerprint density at radius 3 is 1.11 bits per heavy atom. The molecule has 556 valence electrons. The fraction of sp³-hybridized carbons (Fsp3) is 0.694. The van der Waals surface area contributed by atoms with E-state index in [1.807, 2.05) is 47.8 Å². The minimum atomic E-state index is -2.15. The number of hydrogen-bond donors (Lipinski definition) is 9. The summed E-state index contributed by atoms with van der Waals surface area (Å²) in [6, 6.07) is 8.80. The molecular weight excluding hydrogens is 1320 g/mol. The molecule has 39 heteroatoms. The number of alkyl carbamates (subject to hydrolysis) is 3. The molecular formula is C62H101B4N15O20. The number of hydrogen-bond acceptors (Lipinski definition) is 27. The zero-order chi connectivity index (χ0) is 75.1. The molecule has 0 aliphatic rings. The number of rotatable bonds is 53. The summed E-state index contributed by atoms with van der Waals surface area (Å²) in [4.78, 5) is 148. The molecule has 0 saturated heterocycles. The van der Waals surface area contributed by atoms with Crippen molar-refractivity contribution >= 4 is 96.9 Å². The Kier molecular flexibility index (Phi) is 44.3. The molecule has 0 saturated carbocycles. The maximum Gasteiger partial charge on any atom is 0.436 e. The third-order valence-electron chi connectivity index (χ3n) is 15.0. The molecule has 0 fully saturated rings. The van der Waals surface area contributed by atoms with Gasteiger partial charge in [-0.1, -0.05) is 35.5 Å². The Balaban J connectivity index is 2.45. The highest BCUT2D eigenvalue weighted by Crippen LogP contribution is 2.28. The van der Waals surface area contributed by atoms with E-state index in [0.717, 1.165) is 10.9 Å². The third-order valence-corrected chi connectivity index (χ3v) is 15.0. The van der Waals surface area contributed by atoms with Crippen molar-refractivity contribution in [2.45, 2.75) is 91.8 Å². The summed E-state index contributed by atoms with van der Waals surface area (Å²) in [5.41, 5.74) is -5.45. The smallest absolute Gasteiger partial charge is 0.436 e. The molecule has 3 atom stereocenters. The molecule has 3 unspecified atom stereocenters. The van der Waals surface area contributed by atoms with Crippen LogP contribution in [0.5, 0.6) is 0 Å². The SMILES string of the molecule is [B]C(=O)NCCCN(C)CCCNC(=O)OCC(C)(COC(=O)NCCCN(C)CCCNC([B])=O)C(=O)OCC(C)(COC(=O)C(C)(COC(=O)NCCCN(C)CCCNC([B])=O)COC(O)NCCCN(C)CCCNC([B])=O)C(=O)OCc1cn(C(=O)OCc2ccccc2)nn1. The fourth-order valence-electron chi connectivity index (χ4n) is 8.86. The second-order valence-corrected chi connectivity index (χ2v) is 24.9. The fourth-order valence-corrected chi connectivity index (χ4v) is 8.86. The molecule has 0 spiro atoms. The van der Waals surface area contributed by atoms with E-state index in [0.29, 0.717) is 135 Å². The quantitative estimate of drug-likeness (QED) is 0.0139. The van der Waals surface area contributed by atoms with E-state index < -0.39 is 134 Å². The molecule has 1 heterocycles. The van der Waals surface area contributed by atoms with Gasteiger partial charge in [-0.15, -0.1) is 5.10 Å². The first kappa shape index (κ1) is 89.0. The van der Waals surface area contributed by atoms with Gasteiger partial charge >= 0.3 is 42.3 Å². The number of aromatic nitrogens is 3. The summed E-state index contributed by atoms with van der Waals surface area (Å²) in [7, 11) is 28.0. The molecule has 8 radical (unpaired) electrons. The largest absolute Gasteiger partial charge is 0.464 e. The van der Waals surface area contributed by atoms with Gasteiger partial charge in [-0.3, -0.25) is 38.9 Å². The number of nitrogens with zero attached hydrogens (tertiary/aromatic N) is 7. The molecule has 0 aliphatic carbocycles. The van der Waals surface area contributed by atoms with Crippen molar-refractivity contribution in [2.24, 2.45) is 16.2 Å². The van der Waals surface area contributed by atoms with Crippen molar-refractivity contribution in [1.29, 1.82) is 0 Å². The highest BCUT2D eigenvalue weighted by molar-refractivity contribution is 6.57. The molecule has 2 rings (SSSR count). The Labute approximate surface area is 596 Å². The molecule has 0 aliphatic heterocycles. The lowest BCUT2D eigenvalue weighted by molar-refractivity contribution is -0.186. The topological polar surface area (TPSA) is 422 Å². The first-order valence-corrected chi connectivity index (χ1v) is 33.2. The first-order valence-electron chi connectivity index (χ1n) is 33.2. The molecule has 0 bridgehead atoms. The van der Waals surface area contributed by atoms with Crippen LogP contribution >= 0.6 is 0 Å². The molecule has 35 nitrogen and oxygen atoms in total. The van der Waals surface area contributed by atoms with Crippen molar-refractivity contribution in [2.75, 3.05) is 173 Å². The average Bonchev–Trinajstić information content (AvgIpc) is 0.971. The number of carbonyl (C=O) groups excluding carboxylic acids is 11. The van der Waals surface area contributed by atoms with E-state index in [4.69, 9.17) is 69.3 Å². The average molecular weight is 1420 g/mol. The number of amides is 7. The maximum atomic E-state index is 14.6. The van der Waals surface area contributed by atoms with Crippen LogP contribution in [0.4, 0.5) is 38.4 Å². The second kappa shape index (κ2) is 50.3. The molecule has 7 amide bonds. The van der Waals surface area contributed by atoms with Gasteiger partial charge in [0.1, 0.15) is 68.2 Å². The number of ether oxygens (including phenoxy) is 8. The molecule has 1 aromatic carbocycles. The Bertz CT molecular complexity index is 2790. The van der Waals surface area contributed by atoms with Crippen LogP contribution in [-0.2, 0) is 65.5 Å². The van der Waals surface area contributed by atoms with Crippen molar-refractivity contribution < 1.29 is 95.7 Å². The van der Waals surface area contributed by atoms with Crippen LogP contribution < -0.4 is 42.5 Å². The molecule has 101 heavy (non-hydrogen) atoms. The summed E-state index contributed by atoms with van der Waals surface area (Å²) in [6.07, 6.45) is 0.157. The van der Waals surface area contributed by atoms with Crippen LogP contribution in [0.3, 0.4) is 0 Å². The van der Waals surface area contributed by atoms with Gasteiger partial charge in [-0.05, 0) is 158 Å². The summed E-state index contributed by atoms with van der Waals surface area (Å²) in [5.74, 6) is -6.01. The summed E-state index contributed by atoms with van der Waals surface area (Å²) >= 11 is 0. The van der Waals surface area contributed by atoms with Crippen LogP contribution in [0, 0.1) is 16.2 Å². The van der Waals surface area contributed by atoms with E-state index in [-0.39, 0.29) is 38.5 Å². The summed E-state index contributed by atoms with van der Waals surface area (Å²) in [6.45, 7) is 5.19. The van der Waals surface area contributed by atoms with Gasteiger partial charge in [0.05, 0.1) is 12.8 Å². The van der Waals surface area contributed by atoms with Crippen molar-refractivity contribution in [1.82, 2.24) is 77.1 Å². The summed E-state index contributed by atoms with van der Waals surface area (Å²) < 4.78 is 45.7. The number of carbonyl (C=O) groups is 11. The maximum absolute atomic E-state index is 14.6. The standard InChI is InChI=1S/C62H101B4N15O20/c1-60(48(82)94-39-47-37-81(76-75-47)59(93)95-38-46-19-9-8-10-20-46,40-96-49(83)61(2,42-98-55(89)71-25-15-33-77(4)29-11-21-67-51(63)85)43-99-56(90)72-26-16-34-78(5)30-12-22-68-52(64)86)41-97-50(84)62(3,44-100-57(91)73-27-17-35-79(6)31-13-23-69-53(65)87)45-101-58(92)74-28-18-36-80(7)32-14-24-70-54(66)88/h8-10,19-20,37,55,71,89H,11-18,21-36,38-45H2,1-7H3,(H,67,85)(H,68,86)(H,69,87)(H,70,88)(H,72,90)(H,73,91)(H,74,92). The van der Waals surface area contributed by atoms with Crippen LogP contribution in [0.15, 0.2) is 36.5 Å². The second-order valence-electron chi connectivity index (χ2n) is 24.9. The van der Waals surface area contributed by atoms with Crippen molar-refractivity contribution in [3.63, 3.8) is 0 Å². The van der Waals surface area contributed by atoms with Crippen molar-refractivity contribution in [3.05, 3.63) is 47.8 Å². The number of nitrogens with one attached hydrogen (secondary N) is 8. The van der Waals surface area contributed by atoms with Crippen molar-refractivity contribution in [3.8, 4) is 0 Å². The van der Waals surface area contributed by atoms with Gasteiger partial charge in [-0.2, -0.15) is 4.68 Å². The number of esters is 3. The van der Waals surface area contributed by atoms with E-state index in [9.17, 15) is 57.8 Å². The lowest BCUT2D eigenvalue weighted by atomic mass is 9.90. The Morgan fingerprint density at radius 1 is 0.436 bits per heavy atom. The lowest BCUT2D eigenvalue weighted by Gasteiger charge is -2.32. The van der Waals surface area contributed by atoms with Crippen LogP contribution in [-0.4, -0.2) is 316 Å². The normalized spacial score (nSPS) is 12.8. The Hall–Kier alpha value is -8.09. The van der Waals surface area contributed by atoms with Gasteiger partial charge in [0.15, 0.2) is 54.6 Å². The van der Waals surface area contributed by atoms with E-state index in [2.05, 4.69) is 52.8 Å². The van der Waals surface area contributed by atoms with E-state index in [1.165, 1.54) is 20.8 Å². The van der Waals surface area contributed by atoms with Crippen LogP contribution in [0.2, 0.25) is 0 Å². The van der Waals surface area contributed by atoms with Crippen LogP contribution in [0.1, 0.15) is 83.4 Å². The highest BCUT2D eigenvalue weighted by atomic mass is 16.6. The van der Waals surface area contributed by atoms with Gasteiger partial charge < -0.3 is 99.8 Å². The van der Waals surface area contributed by atoms with Gasteiger partial charge in [0.2, 0.25) is 6.41 Å². The lowest BCUT2D eigenvalue weighted by Crippen LogP contribution is -2.47. The molecule has 2 aromatic rings. The summed E-state index contributed by atoms with van der Waals surface area (Å²) in [5, 5.41) is 39.3. The minimum Gasteiger partial charge on any atom is -0.464 e. The molecule has 9 N–H and O–H groups in total. The first-order chi connectivity index (χ1) is 47.9. The Morgan fingerprint density at radius 2 is 0.752 bits per heavy atom. The number of aliphatic hydroxyl groups excluding tert-OH is 1. The van der Waals surface area contributed by atoms with E-state index in [1.54, 1.807) is 30.3 Å². The predicted octanol–water partition coefficient (Wildman–Crippen LogP) is 0.0326. The zero-order valence-electron chi connectivity index (χ0n) is 59.3. The van der Waals surface area contributed by atoms with E-state index >= 15 is 0 Å².